The first-order valence-electron chi connectivity index (χ1n) is 6.98. The lowest BCUT2D eigenvalue weighted by Gasteiger charge is -2.32. The molecule has 112 valence electrons. The Morgan fingerprint density at radius 1 is 1.43 bits per heavy atom. The van der Waals surface area contributed by atoms with Crippen molar-refractivity contribution in [1.82, 2.24) is 5.32 Å². The van der Waals surface area contributed by atoms with E-state index in [4.69, 9.17) is 0 Å². The average molecular weight is 306 g/mol. The normalized spacial score (nSPS) is 25.7. The fraction of sp³-hybridized carbons (Fsp3) is 0.467. The molecule has 2 aliphatic rings. The smallest absolute Gasteiger partial charge is 0.250 e. The topological polar surface area (TPSA) is 78.4 Å². The van der Waals surface area contributed by atoms with Crippen LogP contribution in [0.25, 0.3) is 0 Å². The van der Waals surface area contributed by atoms with Crippen LogP contribution in [0.4, 0.5) is 5.69 Å². The number of anilines is 1. The monoisotopic (exact) mass is 306 g/mol. The van der Waals surface area contributed by atoms with Crippen LogP contribution in [-0.4, -0.2) is 34.8 Å². The van der Waals surface area contributed by atoms with Crippen LogP contribution in [0.15, 0.2) is 29.2 Å². The molecule has 1 aromatic rings. The number of rotatable bonds is 4. The first-order chi connectivity index (χ1) is 9.99. The minimum absolute atomic E-state index is 0.0756. The number of carbonyl (C=O) groups excluding carboxylic acids is 2. The molecule has 0 aromatic heterocycles. The quantitative estimate of drug-likeness (QED) is 0.734. The van der Waals surface area contributed by atoms with Crippen molar-refractivity contribution in [2.45, 2.75) is 29.4 Å². The number of thioether (sulfide) groups is 1. The maximum Gasteiger partial charge on any atom is 0.250 e. The fourth-order valence-corrected chi connectivity index (χ4v) is 3.44. The zero-order chi connectivity index (χ0) is 15.1. The minimum Gasteiger partial charge on any atom is -0.396 e. The van der Waals surface area contributed by atoms with Crippen molar-refractivity contribution >= 4 is 29.3 Å². The number of aliphatic hydroxyl groups excluding tert-OH is 1. The fourth-order valence-electron chi connectivity index (χ4n) is 2.32. The van der Waals surface area contributed by atoms with Gasteiger partial charge in [0.15, 0.2) is 4.75 Å². The van der Waals surface area contributed by atoms with E-state index in [-0.39, 0.29) is 23.8 Å². The standard InChI is InChI=1S/C15H18N2O3S/c1-14(12(19)16-8-15(9-18)6-7-15)13(20)17-10-4-2-3-5-11(10)21-14/h2-5,18H,6-9H2,1H3,(H,16,19)(H,17,20). The summed E-state index contributed by atoms with van der Waals surface area (Å²) in [7, 11) is 0. The van der Waals surface area contributed by atoms with Gasteiger partial charge in [0.25, 0.3) is 0 Å². The summed E-state index contributed by atoms with van der Waals surface area (Å²) < 4.78 is -1.18. The Kier molecular flexibility index (Phi) is 3.45. The van der Waals surface area contributed by atoms with E-state index in [0.29, 0.717) is 6.54 Å². The van der Waals surface area contributed by atoms with E-state index < -0.39 is 4.75 Å². The Morgan fingerprint density at radius 3 is 2.81 bits per heavy atom. The molecular weight excluding hydrogens is 288 g/mol. The predicted octanol–water partition coefficient (Wildman–Crippen LogP) is 1.38. The summed E-state index contributed by atoms with van der Waals surface area (Å²) in [5.41, 5.74) is 0.575. The van der Waals surface area contributed by atoms with Gasteiger partial charge in [-0.25, -0.2) is 0 Å². The molecule has 1 unspecified atom stereocenters. The number of hydrogen-bond donors (Lipinski definition) is 3. The van der Waals surface area contributed by atoms with Gasteiger partial charge in [-0.1, -0.05) is 23.9 Å². The Bertz CT molecular complexity index is 600. The van der Waals surface area contributed by atoms with E-state index in [1.54, 1.807) is 6.92 Å². The predicted molar refractivity (Wildman–Crippen MR) is 81.1 cm³/mol. The van der Waals surface area contributed by atoms with E-state index in [1.807, 2.05) is 24.3 Å². The Labute approximate surface area is 127 Å². The zero-order valence-corrected chi connectivity index (χ0v) is 12.6. The van der Waals surface area contributed by atoms with Crippen LogP contribution in [0.2, 0.25) is 0 Å². The molecule has 1 aromatic carbocycles. The molecule has 1 aliphatic heterocycles. The first kappa shape index (κ1) is 14.4. The van der Waals surface area contributed by atoms with Gasteiger partial charge in [0, 0.05) is 16.9 Å². The van der Waals surface area contributed by atoms with Crippen molar-refractivity contribution < 1.29 is 14.7 Å². The summed E-state index contributed by atoms with van der Waals surface area (Å²) in [5.74, 6) is -0.614. The summed E-state index contributed by atoms with van der Waals surface area (Å²) in [6, 6.07) is 7.44. The van der Waals surface area contributed by atoms with Gasteiger partial charge in [0.1, 0.15) is 0 Å². The van der Waals surface area contributed by atoms with Crippen LogP contribution >= 0.6 is 11.8 Å². The number of nitrogens with one attached hydrogen (secondary N) is 2. The van der Waals surface area contributed by atoms with Gasteiger partial charge >= 0.3 is 0 Å². The first-order valence-corrected chi connectivity index (χ1v) is 7.79. The summed E-state index contributed by atoms with van der Waals surface area (Å²) in [6.07, 6.45) is 1.84. The molecule has 1 saturated carbocycles. The van der Waals surface area contributed by atoms with Gasteiger partial charge in [-0.05, 0) is 31.9 Å². The van der Waals surface area contributed by atoms with Crippen LogP contribution in [0.1, 0.15) is 19.8 Å². The highest BCUT2D eigenvalue weighted by Crippen LogP contribution is 2.45. The largest absolute Gasteiger partial charge is 0.396 e. The second-order valence-electron chi connectivity index (χ2n) is 5.93. The lowest BCUT2D eigenvalue weighted by Crippen LogP contribution is -2.53. The Hall–Kier alpha value is -1.53. The van der Waals surface area contributed by atoms with Gasteiger partial charge in [-0.15, -0.1) is 0 Å². The highest BCUT2D eigenvalue weighted by Gasteiger charge is 2.48. The van der Waals surface area contributed by atoms with Gasteiger partial charge in [-0.3, -0.25) is 9.59 Å². The highest BCUT2D eigenvalue weighted by molar-refractivity contribution is 8.02. The SMILES string of the molecule is CC1(C(=O)NCC2(CO)CC2)Sc2ccccc2NC1=O. The molecule has 2 amide bonds. The summed E-state index contributed by atoms with van der Waals surface area (Å²) in [6.45, 7) is 2.14. The molecular formula is C15H18N2O3S. The second kappa shape index (κ2) is 5.03. The molecule has 5 nitrogen and oxygen atoms in total. The molecule has 0 saturated heterocycles. The summed E-state index contributed by atoms with van der Waals surface area (Å²) >= 11 is 1.27. The number of hydrogen-bond acceptors (Lipinski definition) is 4. The van der Waals surface area contributed by atoms with Crippen molar-refractivity contribution in [3.8, 4) is 0 Å². The molecule has 1 heterocycles. The van der Waals surface area contributed by atoms with E-state index in [0.717, 1.165) is 23.4 Å². The van der Waals surface area contributed by atoms with Gasteiger partial charge < -0.3 is 15.7 Å². The highest BCUT2D eigenvalue weighted by atomic mass is 32.2. The molecule has 0 bridgehead atoms. The van der Waals surface area contributed by atoms with E-state index in [2.05, 4.69) is 10.6 Å². The molecule has 0 radical (unpaired) electrons. The van der Waals surface area contributed by atoms with Crippen molar-refractivity contribution in [2.75, 3.05) is 18.5 Å². The van der Waals surface area contributed by atoms with Crippen molar-refractivity contribution in [2.24, 2.45) is 5.41 Å². The van der Waals surface area contributed by atoms with Crippen LogP contribution < -0.4 is 10.6 Å². The third kappa shape index (κ3) is 2.53. The van der Waals surface area contributed by atoms with Crippen molar-refractivity contribution in [1.29, 1.82) is 0 Å². The lowest BCUT2D eigenvalue weighted by molar-refractivity contribution is -0.130. The van der Waals surface area contributed by atoms with Gasteiger partial charge in [-0.2, -0.15) is 0 Å². The van der Waals surface area contributed by atoms with E-state index in [1.165, 1.54) is 11.8 Å². The molecule has 1 aliphatic carbocycles. The number of carbonyl (C=O) groups is 2. The van der Waals surface area contributed by atoms with Crippen LogP contribution in [0, 0.1) is 5.41 Å². The third-order valence-electron chi connectivity index (χ3n) is 4.23. The average Bonchev–Trinajstić information content (AvgIpc) is 3.26. The van der Waals surface area contributed by atoms with Crippen LogP contribution in [0.5, 0.6) is 0 Å². The maximum absolute atomic E-state index is 12.5. The number of benzene rings is 1. The van der Waals surface area contributed by atoms with Crippen molar-refractivity contribution in [3.63, 3.8) is 0 Å². The number of aliphatic hydroxyl groups is 1. The summed E-state index contributed by atoms with van der Waals surface area (Å²) in [5, 5.41) is 14.9. The van der Waals surface area contributed by atoms with Crippen LogP contribution in [-0.2, 0) is 9.59 Å². The zero-order valence-electron chi connectivity index (χ0n) is 11.8. The van der Waals surface area contributed by atoms with Gasteiger partial charge in [0.2, 0.25) is 11.8 Å². The molecule has 0 spiro atoms. The number of para-hydroxylation sites is 1. The maximum atomic E-state index is 12.5. The number of amides is 2. The molecule has 3 rings (SSSR count). The molecule has 1 atom stereocenters. The molecule has 1 fully saturated rings. The Balaban J connectivity index is 1.74. The third-order valence-corrected chi connectivity index (χ3v) is 5.59. The lowest BCUT2D eigenvalue weighted by atomic mass is 10.1. The molecule has 3 N–H and O–H groups in total. The Morgan fingerprint density at radius 2 is 2.14 bits per heavy atom. The van der Waals surface area contributed by atoms with Crippen molar-refractivity contribution in [3.05, 3.63) is 24.3 Å². The minimum atomic E-state index is -1.18. The summed E-state index contributed by atoms with van der Waals surface area (Å²) in [4.78, 5) is 25.6. The molecule has 6 heteroatoms. The molecule has 21 heavy (non-hydrogen) atoms. The van der Waals surface area contributed by atoms with E-state index in [9.17, 15) is 14.7 Å². The van der Waals surface area contributed by atoms with Crippen LogP contribution in [0.3, 0.4) is 0 Å². The van der Waals surface area contributed by atoms with Gasteiger partial charge in [0.05, 0.1) is 12.3 Å². The van der Waals surface area contributed by atoms with E-state index >= 15 is 0 Å². The second-order valence-corrected chi connectivity index (χ2v) is 7.39. The number of fused-ring (bicyclic) bond motifs is 1.